The minimum absolute atomic E-state index is 0.289. The van der Waals surface area contributed by atoms with Crippen molar-refractivity contribution in [3.63, 3.8) is 0 Å². The van der Waals surface area contributed by atoms with E-state index in [4.69, 9.17) is 4.74 Å². The Morgan fingerprint density at radius 3 is 2.47 bits per heavy atom. The van der Waals surface area contributed by atoms with Crippen molar-refractivity contribution in [2.24, 2.45) is 5.92 Å². The molecular weight excluding hydrogens is 236 g/mol. The topological polar surface area (TPSA) is 26.3 Å². The first-order valence-electron chi connectivity index (χ1n) is 7.38. The SMILES string of the molecule is COc1ccc(C(=O)CC2CCCCCC2)cc1C. The molecule has 0 unspecified atom stereocenters. The van der Waals surface area contributed by atoms with Crippen LogP contribution < -0.4 is 4.74 Å². The maximum atomic E-state index is 12.3. The first-order valence-corrected chi connectivity index (χ1v) is 7.38. The highest BCUT2D eigenvalue weighted by atomic mass is 16.5. The van der Waals surface area contributed by atoms with E-state index in [1.165, 1.54) is 38.5 Å². The third-order valence-electron chi connectivity index (χ3n) is 4.17. The maximum Gasteiger partial charge on any atom is 0.163 e. The molecule has 0 N–H and O–H groups in total. The Kier molecular flexibility index (Phi) is 5.00. The number of Topliss-reactive ketones (excluding diaryl/α,β-unsaturated/α-hetero) is 1. The zero-order chi connectivity index (χ0) is 13.7. The van der Waals surface area contributed by atoms with Gasteiger partial charge in [-0.3, -0.25) is 4.79 Å². The van der Waals surface area contributed by atoms with Crippen molar-refractivity contribution in [1.82, 2.24) is 0 Å². The highest BCUT2D eigenvalue weighted by molar-refractivity contribution is 5.96. The lowest BCUT2D eigenvalue weighted by molar-refractivity contribution is 0.0957. The molecule has 0 bridgehead atoms. The number of carbonyl (C=O) groups excluding carboxylic acids is 1. The minimum atomic E-state index is 0.289. The molecule has 104 valence electrons. The van der Waals surface area contributed by atoms with E-state index in [0.717, 1.165) is 16.9 Å². The third kappa shape index (κ3) is 3.82. The van der Waals surface area contributed by atoms with Gasteiger partial charge in [0, 0.05) is 12.0 Å². The van der Waals surface area contributed by atoms with E-state index in [1.54, 1.807) is 7.11 Å². The van der Waals surface area contributed by atoms with Gasteiger partial charge in [-0.1, -0.05) is 38.5 Å². The highest BCUT2D eigenvalue weighted by Crippen LogP contribution is 2.27. The van der Waals surface area contributed by atoms with Crippen LogP contribution in [0.15, 0.2) is 18.2 Å². The molecule has 0 amide bonds. The lowest BCUT2D eigenvalue weighted by Gasteiger charge is -2.13. The lowest BCUT2D eigenvalue weighted by Crippen LogP contribution is -2.08. The summed E-state index contributed by atoms with van der Waals surface area (Å²) < 4.78 is 5.23. The highest BCUT2D eigenvalue weighted by Gasteiger charge is 2.17. The monoisotopic (exact) mass is 260 g/mol. The summed E-state index contributed by atoms with van der Waals surface area (Å²) in [4.78, 5) is 12.3. The van der Waals surface area contributed by atoms with Crippen LogP contribution in [0.1, 0.15) is 60.9 Å². The average molecular weight is 260 g/mol. The predicted molar refractivity (Wildman–Crippen MR) is 77.9 cm³/mol. The van der Waals surface area contributed by atoms with Gasteiger partial charge in [-0.25, -0.2) is 0 Å². The van der Waals surface area contributed by atoms with E-state index in [2.05, 4.69) is 0 Å². The van der Waals surface area contributed by atoms with Gasteiger partial charge < -0.3 is 4.74 Å². The second-order valence-electron chi connectivity index (χ2n) is 5.67. The van der Waals surface area contributed by atoms with Crippen LogP contribution in [0.4, 0.5) is 0 Å². The Labute approximate surface area is 116 Å². The van der Waals surface area contributed by atoms with Crippen molar-refractivity contribution < 1.29 is 9.53 Å². The molecule has 0 aliphatic heterocycles. The Balaban J connectivity index is 2.00. The van der Waals surface area contributed by atoms with Crippen LogP contribution in [0.5, 0.6) is 5.75 Å². The van der Waals surface area contributed by atoms with Gasteiger partial charge in [-0.2, -0.15) is 0 Å². The summed E-state index contributed by atoms with van der Waals surface area (Å²) in [6.07, 6.45) is 8.42. The molecule has 2 rings (SSSR count). The molecule has 1 fully saturated rings. The van der Waals surface area contributed by atoms with Crippen LogP contribution in [0.25, 0.3) is 0 Å². The van der Waals surface area contributed by atoms with E-state index >= 15 is 0 Å². The van der Waals surface area contributed by atoms with Crippen LogP contribution in [0.2, 0.25) is 0 Å². The molecule has 0 spiro atoms. The van der Waals surface area contributed by atoms with Crippen LogP contribution in [0.3, 0.4) is 0 Å². The summed E-state index contributed by atoms with van der Waals surface area (Å²) >= 11 is 0. The standard InChI is InChI=1S/C17H24O2/c1-13-11-15(9-10-17(13)19-2)16(18)12-14-7-5-3-4-6-8-14/h9-11,14H,3-8,12H2,1-2H3. The van der Waals surface area contributed by atoms with Gasteiger partial charge in [0.15, 0.2) is 5.78 Å². The van der Waals surface area contributed by atoms with E-state index in [1.807, 2.05) is 25.1 Å². The van der Waals surface area contributed by atoms with Crippen molar-refractivity contribution in [2.45, 2.75) is 51.9 Å². The van der Waals surface area contributed by atoms with Gasteiger partial charge in [-0.15, -0.1) is 0 Å². The van der Waals surface area contributed by atoms with Crippen molar-refractivity contribution in [1.29, 1.82) is 0 Å². The number of methoxy groups -OCH3 is 1. The molecule has 1 aromatic carbocycles. The molecule has 2 heteroatoms. The summed E-state index contributed by atoms with van der Waals surface area (Å²) in [5.41, 5.74) is 1.87. The lowest BCUT2D eigenvalue weighted by atomic mass is 9.91. The third-order valence-corrected chi connectivity index (χ3v) is 4.17. The fourth-order valence-corrected chi connectivity index (χ4v) is 3.00. The largest absolute Gasteiger partial charge is 0.496 e. The summed E-state index contributed by atoms with van der Waals surface area (Å²) in [6.45, 7) is 1.99. The van der Waals surface area contributed by atoms with Crippen molar-refractivity contribution >= 4 is 5.78 Å². The van der Waals surface area contributed by atoms with Gasteiger partial charge in [-0.05, 0) is 36.6 Å². The van der Waals surface area contributed by atoms with Crippen molar-refractivity contribution in [3.05, 3.63) is 29.3 Å². The number of hydrogen-bond acceptors (Lipinski definition) is 2. The minimum Gasteiger partial charge on any atom is -0.496 e. The second kappa shape index (κ2) is 6.74. The predicted octanol–water partition coefficient (Wildman–Crippen LogP) is 4.55. The fourth-order valence-electron chi connectivity index (χ4n) is 3.00. The van der Waals surface area contributed by atoms with Gasteiger partial charge >= 0.3 is 0 Å². The van der Waals surface area contributed by atoms with Crippen LogP contribution in [-0.2, 0) is 0 Å². The molecule has 2 nitrogen and oxygen atoms in total. The number of aryl methyl sites for hydroxylation is 1. The zero-order valence-corrected chi connectivity index (χ0v) is 12.1. The Morgan fingerprint density at radius 1 is 1.21 bits per heavy atom. The molecule has 1 aliphatic rings. The van der Waals surface area contributed by atoms with E-state index < -0.39 is 0 Å². The second-order valence-corrected chi connectivity index (χ2v) is 5.67. The normalized spacial score (nSPS) is 16.9. The molecule has 1 aliphatic carbocycles. The Bertz CT molecular complexity index is 429. The van der Waals surface area contributed by atoms with Crippen LogP contribution >= 0.6 is 0 Å². The van der Waals surface area contributed by atoms with Crippen LogP contribution in [-0.4, -0.2) is 12.9 Å². The Morgan fingerprint density at radius 2 is 1.89 bits per heavy atom. The molecule has 1 aromatic rings. The number of ether oxygens (including phenoxy) is 1. The average Bonchev–Trinajstić information content (AvgIpc) is 2.67. The number of ketones is 1. The van der Waals surface area contributed by atoms with Crippen LogP contribution in [0, 0.1) is 12.8 Å². The smallest absolute Gasteiger partial charge is 0.163 e. The van der Waals surface area contributed by atoms with E-state index in [0.29, 0.717) is 12.3 Å². The molecule has 0 saturated heterocycles. The molecule has 1 saturated carbocycles. The van der Waals surface area contributed by atoms with E-state index in [-0.39, 0.29) is 5.78 Å². The number of carbonyl (C=O) groups is 1. The van der Waals surface area contributed by atoms with E-state index in [9.17, 15) is 4.79 Å². The summed E-state index contributed by atoms with van der Waals surface area (Å²) in [5.74, 6) is 1.74. The number of benzene rings is 1. The quantitative estimate of drug-likeness (QED) is 0.586. The first kappa shape index (κ1) is 14.1. The van der Waals surface area contributed by atoms with Gasteiger partial charge in [0.05, 0.1) is 7.11 Å². The van der Waals surface area contributed by atoms with Crippen molar-refractivity contribution in [2.75, 3.05) is 7.11 Å². The first-order chi connectivity index (χ1) is 9.20. The molecule has 0 aromatic heterocycles. The molecule has 19 heavy (non-hydrogen) atoms. The van der Waals surface area contributed by atoms with Gasteiger partial charge in [0.25, 0.3) is 0 Å². The van der Waals surface area contributed by atoms with Gasteiger partial charge in [0.2, 0.25) is 0 Å². The summed E-state index contributed by atoms with van der Waals surface area (Å²) in [6, 6.07) is 5.75. The molecule has 0 atom stereocenters. The maximum absolute atomic E-state index is 12.3. The van der Waals surface area contributed by atoms with Crippen molar-refractivity contribution in [3.8, 4) is 5.75 Å². The summed E-state index contributed by atoms with van der Waals surface area (Å²) in [7, 11) is 1.66. The van der Waals surface area contributed by atoms with Gasteiger partial charge in [0.1, 0.15) is 5.75 Å². The summed E-state index contributed by atoms with van der Waals surface area (Å²) in [5, 5.41) is 0. The molecular formula is C17H24O2. The zero-order valence-electron chi connectivity index (χ0n) is 12.1. The number of hydrogen-bond donors (Lipinski definition) is 0. The number of rotatable bonds is 4. The molecule has 0 heterocycles. The molecule has 0 radical (unpaired) electrons. The Hall–Kier alpha value is -1.31. The fraction of sp³-hybridized carbons (Fsp3) is 0.588.